The van der Waals surface area contributed by atoms with Gasteiger partial charge in [-0.2, -0.15) is 11.7 Å². The fraction of sp³-hybridized carbons (Fsp3) is 1.00. The maximum absolute atomic E-state index is 11.2. The third-order valence-electron chi connectivity index (χ3n) is 0. The Morgan fingerprint density at radius 1 is 1.00 bits per heavy atom. The van der Waals surface area contributed by atoms with Crippen LogP contribution in [0.3, 0.4) is 0 Å². The molecule has 0 fully saturated rings. The van der Waals surface area contributed by atoms with E-state index in [0.717, 1.165) is 0 Å². The molecule has 0 unspecified atom stereocenters. The second kappa shape index (κ2) is 0.857. The third kappa shape index (κ3) is 2080. The van der Waals surface area contributed by atoms with Gasteiger partial charge in [0.15, 0.2) is 0 Å². The van der Waals surface area contributed by atoms with Crippen LogP contribution in [-0.2, 0) is 0 Å². The van der Waals surface area contributed by atoms with Crippen LogP contribution in [0, 0.1) is 0 Å². The molecule has 0 aromatic carbocycles. The van der Waals surface area contributed by atoms with Crippen molar-refractivity contribution in [3.63, 3.8) is 0 Å². The maximum atomic E-state index is 11.2. The van der Waals surface area contributed by atoms with Gasteiger partial charge < -0.3 is 0 Å². The molecule has 0 nitrogen and oxygen atoms in total. The monoisotopic (exact) mass is 120 g/mol. The van der Waals surface area contributed by atoms with Gasteiger partial charge in [-0.3, -0.25) is 0 Å². The first-order valence-corrected chi connectivity index (χ1v) is 4.20. The molecule has 0 aromatic heterocycles. The minimum absolute atomic E-state index is 0.339. The van der Waals surface area contributed by atoms with Crippen LogP contribution in [0.15, 0.2) is 0 Å². The highest BCUT2D eigenvalue weighted by Crippen LogP contribution is 2.68. The number of hydrogen-bond donors (Lipinski definition) is 1. The van der Waals surface area contributed by atoms with Gasteiger partial charge >= 0.3 is 0 Å². The topological polar surface area (TPSA) is 0 Å². The van der Waals surface area contributed by atoms with E-state index in [1.165, 1.54) is 0 Å². The highest BCUT2D eigenvalue weighted by Gasteiger charge is 2.22. The number of rotatable bonds is 0. The predicted molar refractivity (Wildman–Crippen MR) is 24.2 cm³/mol. The molecule has 42 valence electrons. The lowest BCUT2D eigenvalue weighted by molar-refractivity contribution is 0.614. The van der Waals surface area contributed by atoms with Gasteiger partial charge in [0.25, 0.3) is 0 Å². The Kier molecular flexibility index (Phi) is 0.877. The van der Waals surface area contributed by atoms with Crippen molar-refractivity contribution in [2.75, 3.05) is 12.5 Å². The van der Waals surface area contributed by atoms with Gasteiger partial charge in [-0.15, -0.1) is 0 Å². The highest BCUT2D eigenvalue weighted by molar-refractivity contribution is 8.36. The van der Waals surface area contributed by atoms with E-state index in [4.69, 9.17) is 0 Å². The lowest BCUT2D eigenvalue weighted by Crippen LogP contribution is -1.86. The zero-order valence-corrected chi connectivity index (χ0v) is 4.48. The van der Waals surface area contributed by atoms with Crippen molar-refractivity contribution in [1.82, 2.24) is 0 Å². The van der Waals surface area contributed by atoms with Crippen LogP contribution in [0.1, 0.15) is 0 Å². The molecule has 0 aromatic rings. The smallest absolute Gasteiger partial charge is 0.0418 e. The normalized spacial score (nSPS) is 19.2. The van der Waals surface area contributed by atoms with Gasteiger partial charge in [-0.25, -0.2) is 0 Å². The number of thiol groups is 1. The Labute approximate surface area is 35.5 Å². The summed E-state index contributed by atoms with van der Waals surface area (Å²) < 4.78 is 33.5. The van der Waals surface area contributed by atoms with Crippen molar-refractivity contribution in [2.24, 2.45) is 0 Å². The van der Waals surface area contributed by atoms with E-state index < -0.39 is 10.3 Å². The van der Waals surface area contributed by atoms with Crippen molar-refractivity contribution < 1.29 is 11.7 Å². The van der Waals surface area contributed by atoms with Crippen LogP contribution in [0.25, 0.3) is 0 Å². The average molecular weight is 120 g/mol. The van der Waals surface area contributed by atoms with E-state index >= 15 is 0 Å². The second-order valence-electron chi connectivity index (χ2n) is 1.65. The molecule has 0 amide bonds. The molecule has 0 radical (unpaired) electrons. The Hall–Kier alpha value is 0.140. The average Bonchev–Trinajstić information content (AvgIpc) is 0.650. The number of halogens is 3. The van der Waals surface area contributed by atoms with Crippen molar-refractivity contribution in [3.05, 3.63) is 0 Å². The van der Waals surface area contributed by atoms with Gasteiger partial charge in [0, 0.05) is 22.8 Å². The van der Waals surface area contributed by atoms with Gasteiger partial charge in [-0.1, -0.05) is 0 Å². The standard InChI is InChI=1S/C2H7F3S/c1-6(2,3,4)5/h6H,1-2H3. The summed E-state index contributed by atoms with van der Waals surface area (Å²) in [6.07, 6.45) is 0.678. The first-order valence-electron chi connectivity index (χ1n) is 1.40. The summed E-state index contributed by atoms with van der Waals surface area (Å²) >= 11 is 0. The maximum Gasteiger partial charge on any atom is 0.0418 e. The van der Waals surface area contributed by atoms with Crippen LogP contribution in [0.4, 0.5) is 11.7 Å². The van der Waals surface area contributed by atoms with Crippen molar-refractivity contribution in [1.29, 1.82) is 0 Å². The summed E-state index contributed by atoms with van der Waals surface area (Å²) in [5.41, 5.74) is 0. The molecule has 0 bridgehead atoms. The first-order chi connectivity index (χ1) is 2.24. The minimum atomic E-state index is -5.55. The lowest BCUT2D eigenvalue weighted by Gasteiger charge is -2.26. The molecule has 0 spiro atoms. The molecule has 4 heteroatoms. The van der Waals surface area contributed by atoms with E-state index in [1.54, 1.807) is 0 Å². The molecule has 0 aliphatic carbocycles. The summed E-state index contributed by atoms with van der Waals surface area (Å²) in [6, 6.07) is 0. The molecular weight excluding hydrogens is 113 g/mol. The van der Waals surface area contributed by atoms with Gasteiger partial charge in [-0.05, 0) is 0 Å². The Morgan fingerprint density at radius 3 is 1.00 bits per heavy atom. The van der Waals surface area contributed by atoms with E-state index in [-0.39, 0.29) is 0 Å². The van der Waals surface area contributed by atoms with E-state index in [0.29, 0.717) is 12.5 Å². The fourth-order valence-electron chi connectivity index (χ4n) is 0. The molecule has 0 aliphatic heterocycles. The predicted octanol–water partition coefficient (Wildman–Crippen LogP) is 1.97. The van der Waals surface area contributed by atoms with Crippen molar-refractivity contribution in [3.8, 4) is 0 Å². The second-order valence-corrected chi connectivity index (χ2v) is 4.96. The van der Waals surface area contributed by atoms with Crippen molar-refractivity contribution in [2.45, 2.75) is 0 Å². The largest absolute Gasteiger partial charge is 0.156 e. The zero-order valence-electron chi connectivity index (χ0n) is 3.58. The molecule has 0 heterocycles. The van der Waals surface area contributed by atoms with Crippen LogP contribution in [-0.4, -0.2) is 12.5 Å². The molecule has 0 atom stereocenters. The van der Waals surface area contributed by atoms with Gasteiger partial charge in [0.2, 0.25) is 0 Å². The Balaban J connectivity index is 3.73. The summed E-state index contributed by atoms with van der Waals surface area (Å²) in [4.78, 5) is 0. The summed E-state index contributed by atoms with van der Waals surface area (Å²) in [7, 11) is -5.55. The van der Waals surface area contributed by atoms with Crippen molar-refractivity contribution >= 4 is 10.3 Å². The summed E-state index contributed by atoms with van der Waals surface area (Å²) in [6.45, 7) is 0. The Morgan fingerprint density at radius 2 is 1.00 bits per heavy atom. The van der Waals surface area contributed by atoms with E-state index in [2.05, 4.69) is 0 Å². The summed E-state index contributed by atoms with van der Waals surface area (Å²) in [5, 5.41) is 0. The van der Waals surface area contributed by atoms with E-state index in [1.807, 2.05) is 0 Å². The highest BCUT2D eigenvalue weighted by atomic mass is 32.4. The fourth-order valence-corrected chi connectivity index (χ4v) is 0. The first kappa shape index (κ1) is 6.14. The lowest BCUT2D eigenvalue weighted by atomic mass is 11.9. The molecule has 0 saturated carbocycles. The van der Waals surface area contributed by atoms with Gasteiger partial charge in [0.05, 0.1) is 0 Å². The minimum Gasteiger partial charge on any atom is -0.156 e. The molecule has 6 heavy (non-hydrogen) atoms. The quantitative estimate of drug-likeness (QED) is 0.464. The van der Waals surface area contributed by atoms with Crippen LogP contribution >= 0.6 is 10.3 Å². The van der Waals surface area contributed by atoms with Gasteiger partial charge in [0.1, 0.15) is 0 Å². The van der Waals surface area contributed by atoms with Crippen LogP contribution in [0.5, 0.6) is 0 Å². The molecular formula is C2H7F3S. The molecule has 0 N–H and O–H groups in total. The van der Waals surface area contributed by atoms with E-state index in [9.17, 15) is 11.7 Å². The van der Waals surface area contributed by atoms with Crippen LogP contribution < -0.4 is 0 Å². The molecule has 0 rings (SSSR count). The zero-order chi connectivity index (χ0) is 5.45. The van der Waals surface area contributed by atoms with Crippen LogP contribution in [0.2, 0.25) is 0 Å². The SMILES string of the molecule is C[SH](C)(F)(F)F. The molecule has 0 saturated heterocycles. The third-order valence-corrected chi connectivity index (χ3v) is 0. The Bertz CT molecular complexity index is 42.0. The molecule has 0 aliphatic rings. The number of hydrogen-bond acceptors (Lipinski definition) is 0. The summed E-state index contributed by atoms with van der Waals surface area (Å²) in [5.74, 6) is 0.